The van der Waals surface area contributed by atoms with Crippen LogP contribution in [-0.2, 0) is 12.8 Å². The summed E-state index contributed by atoms with van der Waals surface area (Å²) in [4.78, 5) is 0. The van der Waals surface area contributed by atoms with E-state index in [1.807, 2.05) is 30.3 Å². The maximum Gasteiger partial charge on any atom is 0.131 e. The summed E-state index contributed by atoms with van der Waals surface area (Å²) in [5.74, 6) is 3.33. The number of rotatable bonds is 2. The third-order valence-corrected chi connectivity index (χ3v) is 5.65. The Hall–Kier alpha value is -2.21. The number of halogens is 1. The fourth-order valence-corrected chi connectivity index (χ4v) is 4.72. The Morgan fingerprint density at radius 1 is 1.12 bits per heavy atom. The number of aromatic hydroxyl groups is 1. The third kappa shape index (κ3) is 3.26. The lowest BCUT2D eigenvalue weighted by Gasteiger charge is -2.40. The molecular weight excluding hydrogens is 344 g/mol. The van der Waals surface area contributed by atoms with Gasteiger partial charge in [-0.25, -0.2) is 0 Å². The van der Waals surface area contributed by atoms with Gasteiger partial charge in [0.15, 0.2) is 0 Å². The fourth-order valence-electron chi connectivity index (χ4n) is 4.54. The highest BCUT2D eigenvalue weighted by Crippen LogP contribution is 2.48. The molecule has 0 unspecified atom stereocenters. The minimum Gasteiger partial charge on any atom is -0.508 e. The maximum absolute atomic E-state index is 11.0. The Labute approximate surface area is 159 Å². The number of fused-ring (bicyclic) bond motifs is 2. The molecule has 26 heavy (non-hydrogen) atoms. The first kappa shape index (κ1) is 17.2. The number of benzene rings is 2. The Balaban J connectivity index is 1.80. The van der Waals surface area contributed by atoms with Gasteiger partial charge < -0.3 is 10.2 Å². The second kappa shape index (κ2) is 6.83. The van der Waals surface area contributed by atoms with Crippen LogP contribution >= 0.6 is 11.6 Å². The summed E-state index contributed by atoms with van der Waals surface area (Å²) < 4.78 is 0. The number of phenolic OH excluding ortho intramolecular Hbond substituents is 1. The van der Waals surface area contributed by atoms with Crippen LogP contribution in [0.15, 0.2) is 54.1 Å². The number of phenols is 1. The van der Waals surface area contributed by atoms with Crippen molar-refractivity contribution in [2.45, 2.75) is 37.7 Å². The maximum atomic E-state index is 11.0. The minimum atomic E-state index is -1.06. The van der Waals surface area contributed by atoms with Gasteiger partial charge >= 0.3 is 0 Å². The molecule has 4 rings (SSSR count). The van der Waals surface area contributed by atoms with E-state index in [4.69, 9.17) is 11.6 Å². The van der Waals surface area contributed by atoms with Gasteiger partial charge in [0.25, 0.3) is 0 Å². The lowest BCUT2D eigenvalue weighted by atomic mass is 9.66. The molecule has 0 heterocycles. The van der Waals surface area contributed by atoms with Crippen molar-refractivity contribution in [1.82, 2.24) is 0 Å². The highest BCUT2D eigenvalue weighted by atomic mass is 35.5. The molecular formula is C23H21ClO2. The average molecular weight is 365 g/mol. The second-order valence-corrected chi connectivity index (χ2v) is 7.57. The van der Waals surface area contributed by atoms with Gasteiger partial charge in [0.05, 0.1) is 0 Å². The van der Waals surface area contributed by atoms with Crippen molar-refractivity contribution >= 4 is 17.2 Å². The van der Waals surface area contributed by atoms with Gasteiger partial charge in [0.2, 0.25) is 0 Å². The summed E-state index contributed by atoms with van der Waals surface area (Å²) in [7, 11) is 0. The van der Waals surface area contributed by atoms with E-state index >= 15 is 0 Å². The fraction of sp³-hybridized carbons (Fsp3) is 0.304. The van der Waals surface area contributed by atoms with Crippen molar-refractivity contribution in [3.63, 3.8) is 0 Å². The Morgan fingerprint density at radius 3 is 2.69 bits per heavy atom. The summed E-state index contributed by atoms with van der Waals surface area (Å²) in [6.07, 6.45) is 3.75. The molecule has 0 amide bonds. The van der Waals surface area contributed by atoms with Gasteiger partial charge in [0.1, 0.15) is 11.4 Å². The molecule has 0 aromatic heterocycles. The van der Waals surface area contributed by atoms with E-state index in [9.17, 15) is 10.2 Å². The van der Waals surface area contributed by atoms with Crippen molar-refractivity contribution in [3.05, 3.63) is 70.8 Å². The first-order valence-corrected chi connectivity index (χ1v) is 9.39. The minimum absolute atomic E-state index is 0.173. The van der Waals surface area contributed by atoms with Crippen LogP contribution in [0.3, 0.4) is 0 Å². The predicted octanol–water partition coefficient (Wildman–Crippen LogP) is 4.68. The summed E-state index contributed by atoms with van der Waals surface area (Å²) in [5, 5.41) is 23.3. The summed E-state index contributed by atoms with van der Waals surface area (Å²) in [5.41, 5.74) is 5.20. The van der Waals surface area contributed by atoms with Gasteiger partial charge in [-0.3, -0.25) is 0 Å². The quantitative estimate of drug-likeness (QED) is 0.760. The van der Waals surface area contributed by atoms with Gasteiger partial charge in [-0.05, 0) is 77.6 Å². The van der Waals surface area contributed by atoms with Crippen molar-refractivity contribution in [2.75, 3.05) is 0 Å². The highest BCUT2D eigenvalue weighted by Gasteiger charge is 2.40. The van der Waals surface area contributed by atoms with Crippen LogP contribution in [-0.4, -0.2) is 15.8 Å². The van der Waals surface area contributed by atoms with E-state index in [1.165, 1.54) is 27.8 Å². The molecule has 2 aliphatic rings. The molecule has 132 valence electrons. The first-order valence-electron chi connectivity index (χ1n) is 9.01. The lowest BCUT2D eigenvalue weighted by Crippen LogP contribution is -2.37. The van der Waals surface area contributed by atoms with Crippen LogP contribution < -0.4 is 0 Å². The van der Waals surface area contributed by atoms with Crippen LogP contribution in [0.1, 0.15) is 36.0 Å². The average Bonchev–Trinajstić information content (AvgIpc) is 2.62. The molecule has 3 heteroatoms. The van der Waals surface area contributed by atoms with Crippen molar-refractivity contribution < 1.29 is 10.2 Å². The molecule has 0 fully saturated rings. The van der Waals surface area contributed by atoms with Gasteiger partial charge in [-0.1, -0.05) is 47.9 Å². The molecule has 0 radical (unpaired) electrons. The molecule has 0 spiro atoms. The topological polar surface area (TPSA) is 40.5 Å². The zero-order valence-electron chi connectivity index (χ0n) is 14.5. The Bertz CT molecular complexity index is 920. The second-order valence-electron chi connectivity index (χ2n) is 7.38. The van der Waals surface area contributed by atoms with E-state index in [-0.39, 0.29) is 5.92 Å². The molecule has 2 aromatic rings. The first-order chi connectivity index (χ1) is 12.6. The van der Waals surface area contributed by atoms with Crippen molar-refractivity contribution in [3.8, 4) is 17.0 Å². The largest absolute Gasteiger partial charge is 0.508 e. The Kier molecular flexibility index (Phi) is 4.53. The number of hydrogen-bond acceptors (Lipinski definition) is 2. The van der Waals surface area contributed by atoms with E-state index in [2.05, 4.69) is 23.4 Å². The summed E-state index contributed by atoms with van der Waals surface area (Å²) in [6.45, 7) is 0. The molecule has 2 aromatic carbocycles. The van der Waals surface area contributed by atoms with Gasteiger partial charge in [-0.15, -0.1) is 0 Å². The van der Waals surface area contributed by atoms with Crippen LogP contribution in [0.5, 0.6) is 5.75 Å². The number of aryl methyl sites for hydroxylation is 1. The molecule has 0 bridgehead atoms. The molecule has 2 nitrogen and oxygen atoms in total. The van der Waals surface area contributed by atoms with Crippen LogP contribution in [0.4, 0.5) is 0 Å². The highest BCUT2D eigenvalue weighted by molar-refractivity contribution is 6.30. The number of hydrogen-bond donors (Lipinski definition) is 2. The monoisotopic (exact) mass is 364 g/mol. The third-order valence-electron chi connectivity index (χ3n) is 5.56. The standard InChI is InChI=1S/C23H21ClO2/c24-11-10-23(26)14-18-7-6-17-13-20(25)8-9-21(17)22(18)19(15-23)12-16-4-2-1-3-5-16/h1-5,8-9,13,19,25-26H,6-7,12,14-15H2/t19-,23+/m1/s1. The van der Waals surface area contributed by atoms with Gasteiger partial charge in [0, 0.05) is 11.8 Å². The SMILES string of the molecule is Oc1ccc2c(c1)CCC1=C2[C@H](Cc2ccccc2)C[C@](O)(C#CCl)C1. The molecule has 2 aliphatic carbocycles. The van der Waals surface area contributed by atoms with Crippen LogP contribution in [0.25, 0.3) is 5.57 Å². The van der Waals surface area contributed by atoms with Crippen molar-refractivity contribution in [1.29, 1.82) is 0 Å². The molecule has 0 aliphatic heterocycles. The summed E-state index contributed by atoms with van der Waals surface area (Å²) in [6, 6.07) is 16.0. The molecule has 2 N–H and O–H groups in total. The molecule has 2 atom stereocenters. The van der Waals surface area contributed by atoms with Crippen LogP contribution in [0, 0.1) is 17.2 Å². The van der Waals surface area contributed by atoms with E-state index in [0.29, 0.717) is 18.6 Å². The molecule has 0 saturated heterocycles. The van der Waals surface area contributed by atoms with Gasteiger partial charge in [-0.2, -0.15) is 0 Å². The zero-order valence-corrected chi connectivity index (χ0v) is 15.3. The number of allylic oxidation sites excluding steroid dienone is 1. The predicted molar refractivity (Wildman–Crippen MR) is 105 cm³/mol. The van der Waals surface area contributed by atoms with E-state index in [1.54, 1.807) is 6.07 Å². The van der Waals surface area contributed by atoms with Crippen molar-refractivity contribution in [2.24, 2.45) is 5.92 Å². The Morgan fingerprint density at radius 2 is 1.92 bits per heavy atom. The van der Waals surface area contributed by atoms with E-state index < -0.39 is 5.60 Å². The normalized spacial score (nSPS) is 24.3. The molecule has 0 saturated carbocycles. The summed E-state index contributed by atoms with van der Waals surface area (Å²) >= 11 is 5.64. The zero-order chi connectivity index (χ0) is 18.1. The number of aliphatic hydroxyl groups is 1. The smallest absolute Gasteiger partial charge is 0.131 e. The van der Waals surface area contributed by atoms with Crippen LogP contribution in [0.2, 0.25) is 0 Å². The lowest BCUT2D eigenvalue weighted by molar-refractivity contribution is 0.0739. The van der Waals surface area contributed by atoms with E-state index in [0.717, 1.165) is 19.3 Å².